The monoisotopic (exact) mass is 558 g/mol. The summed E-state index contributed by atoms with van der Waals surface area (Å²) in [6.07, 6.45) is 1.10. The minimum Gasteiger partial charge on any atom is -0.497 e. The smallest absolute Gasteiger partial charge is 0.193 e. The van der Waals surface area contributed by atoms with E-state index in [9.17, 15) is 0 Å². The van der Waals surface area contributed by atoms with E-state index < -0.39 is 0 Å². The number of ether oxygens (including phenoxy) is 1. The van der Waals surface area contributed by atoms with Crippen molar-refractivity contribution in [3.63, 3.8) is 0 Å². The summed E-state index contributed by atoms with van der Waals surface area (Å²) < 4.78 is 5.25. The Bertz CT molecular complexity index is 805. The van der Waals surface area contributed by atoms with E-state index in [1.165, 1.54) is 5.69 Å². The second kappa shape index (κ2) is 13.1. The van der Waals surface area contributed by atoms with Gasteiger partial charge in [0.05, 0.1) is 24.4 Å². The summed E-state index contributed by atoms with van der Waals surface area (Å²) in [6, 6.07) is 8.36. The molecule has 0 radical (unpaired) electrons. The zero-order chi connectivity index (χ0) is 21.3. The van der Waals surface area contributed by atoms with Gasteiger partial charge in [0.2, 0.25) is 0 Å². The molecule has 31 heavy (non-hydrogen) atoms. The van der Waals surface area contributed by atoms with Gasteiger partial charge in [0, 0.05) is 57.9 Å². The van der Waals surface area contributed by atoms with Crippen LogP contribution < -0.4 is 15.0 Å². The Morgan fingerprint density at radius 2 is 1.94 bits per heavy atom. The van der Waals surface area contributed by atoms with Gasteiger partial charge in [-0.2, -0.15) is 0 Å². The minimum absolute atomic E-state index is 0. The molecule has 0 bridgehead atoms. The Morgan fingerprint density at radius 3 is 2.52 bits per heavy atom. The van der Waals surface area contributed by atoms with E-state index >= 15 is 0 Å². The molecule has 1 aliphatic heterocycles. The van der Waals surface area contributed by atoms with Crippen LogP contribution in [0.2, 0.25) is 0 Å². The van der Waals surface area contributed by atoms with E-state index in [0.29, 0.717) is 0 Å². The number of anilines is 1. The molecule has 172 valence electrons. The first-order chi connectivity index (χ1) is 14.6. The molecule has 1 fully saturated rings. The van der Waals surface area contributed by atoms with Crippen LogP contribution in [-0.4, -0.2) is 81.2 Å². The predicted molar refractivity (Wildman–Crippen MR) is 141 cm³/mol. The van der Waals surface area contributed by atoms with E-state index in [1.807, 2.05) is 26.1 Å². The summed E-state index contributed by atoms with van der Waals surface area (Å²) >= 11 is 1.69. The van der Waals surface area contributed by atoms with Gasteiger partial charge in [-0.3, -0.25) is 9.89 Å². The van der Waals surface area contributed by atoms with Gasteiger partial charge < -0.3 is 19.9 Å². The normalized spacial score (nSPS) is 14.8. The maximum Gasteiger partial charge on any atom is 0.193 e. The maximum atomic E-state index is 5.25. The summed E-state index contributed by atoms with van der Waals surface area (Å²) in [6.45, 7) is 9.18. The number of hydrogen-bond acceptors (Lipinski definition) is 6. The number of rotatable bonds is 8. The summed E-state index contributed by atoms with van der Waals surface area (Å²) in [7, 11) is 5.60. The number of benzene rings is 1. The fraction of sp³-hybridized carbons (Fsp3) is 0.545. The molecule has 1 aromatic carbocycles. The number of methoxy groups -OCH3 is 1. The van der Waals surface area contributed by atoms with Gasteiger partial charge in [0.25, 0.3) is 0 Å². The maximum absolute atomic E-state index is 5.25. The van der Waals surface area contributed by atoms with Gasteiger partial charge in [0.15, 0.2) is 5.96 Å². The zero-order valence-corrected chi connectivity index (χ0v) is 22.2. The first-order valence-corrected chi connectivity index (χ1v) is 11.4. The van der Waals surface area contributed by atoms with Crippen molar-refractivity contribution in [2.24, 2.45) is 4.99 Å². The average Bonchev–Trinajstić information content (AvgIpc) is 3.18. The molecule has 1 aromatic heterocycles. The van der Waals surface area contributed by atoms with Crippen molar-refractivity contribution in [1.82, 2.24) is 20.1 Å². The lowest BCUT2D eigenvalue weighted by atomic mass is 10.2. The van der Waals surface area contributed by atoms with E-state index in [2.05, 4.69) is 54.6 Å². The van der Waals surface area contributed by atoms with Crippen LogP contribution in [0.15, 0.2) is 34.6 Å². The predicted octanol–water partition coefficient (Wildman–Crippen LogP) is 3.30. The number of aliphatic imine (C=N–C) groups is 1. The van der Waals surface area contributed by atoms with Gasteiger partial charge in [-0.15, -0.1) is 35.3 Å². The highest BCUT2D eigenvalue weighted by atomic mass is 127. The lowest BCUT2D eigenvalue weighted by Gasteiger charge is -2.36. The lowest BCUT2D eigenvalue weighted by molar-refractivity contribution is 0.255. The van der Waals surface area contributed by atoms with Gasteiger partial charge in [0.1, 0.15) is 5.75 Å². The first kappa shape index (κ1) is 25.7. The Hall–Kier alpha value is -1.59. The Kier molecular flexibility index (Phi) is 10.8. The molecule has 0 atom stereocenters. The number of nitrogens with zero attached hydrogens (tertiary/aromatic N) is 5. The number of guanidine groups is 1. The summed E-state index contributed by atoms with van der Waals surface area (Å²) in [5.74, 6) is 1.83. The van der Waals surface area contributed by atoms with Crippen LogP contribution in [0.5, 0.6) is 5.75 Å². The van der Waals surface area contributed by atoms with Crippen LogP contribution in [0.1, 0.15) is 17.1 Å². The van der Waals surface area contributed by atoms with E-state index in [0.717, 1.165) is 74.6 Å². The highest BCUT2D eigenvalue weighted by molar-refractivity contribution is 14.0. The van der Waals surface area contributed by atoms with Gasteiger partial charge >= 0.3 is 0 Å². The molecule has 0 spiro atoms. The molecule has 2 heterocycles. The number of hydrogen-bond donors (Lipinski definition) is 1. The van der Waals surface area contributed by atoms with Crippen molar-refractivity contribution in [2.75, 3.05) is 65.4 Å². The van der Waals surface area contributed by atoms with Crippen LogP contribution in [-0.2, 0) is 6.54 Å². The number of piperazine rings is 1. The highest BCUT2D eigenvalue weighted by Crippen LogP contribution is 2.20. The Labute approximate surface area is 207 Å². The van der Waals surface area contributed by atoms with Crippen molar-refractivity contribution in [3.8, 4) is 5.75 Å². The van der Waals surface area contributed by atoms with Crippen LogP contribution in [0, 0.1) is 6.92 Å². The minimum atomic E-state index is 0. The van der Waals surface area contributed by atoms with Crippen molar-refractivity contribution in [2.45, 2.75) is 19.9 Å². The Balaban J connectivity index is 0.00000341. The van der Waals surface area contributed by atoms with E-state index in [1.54, 1.807) is 18.4 Å². The zero-order valence-electron chi connectivity index (χ0n) is 19.0. The quantitative estimate of drug-likeness (QED) is 0.232. The molecule has 3 rings (SSSR count). The SMILES string of the molecule is CN=C(NCCCN1CCN(c2ccc(OC)cc2)CC1)N(C)Cc1csc(C)n1.I. The summed E-state index contributed by atoms with van der Waals surface area (Å²) in [5.41, 5.74) is 2.37. The topological polar surface area (TPSA) is 56.2 Å². The number of aromatic nitrogens is 1. The van der Waals surface area contributed by atoms with Gasteiger partial charge in [-0.25, -0.2) is 4.98 Å². The third kappa shape index (κ3) is 7.80. The molecule has 0 unspecified atom stereocenters. The summed E-state index contributed by atoms with van der Waals surface area (Å²) in [4.78, 5) is 16.1. The van der Waals surface area contributed by atoms with E-state index in [-0.39, 0.29) is 24.0 Å². The van der Waals surface area contributed by atoms with Crippen molar-refractivity contribution in [3.05, 3.63) is 40.3 Å². The number of halogens is 1. The Morgan fingerprint density at radius 1 is 1.23 bits per heavy atom. The largest absolute Gasteiger partial charge is 0.497 e. The molecule has 0 amide bonds. The van der Waals surface area contributed by atoms with Crippen LogP contribution in [0.4, 0.5) is 5.69 Å². The van der Waals surface area contributed by atoms with E-state index in [4.69, 9.17) is 4.74 Å². The van der Waals surface area contributed by atoms with Crippen molar-refractivity contribution in [1.29, 1.82) is 0 Å². The second-order valence-electron chi connectivity index (χ2n) is 7.57. The average molecular weight is 559 g/mol. The summed E-state index contributed by atoms with van der Waals surface area (Å²) in [5, 5.41) is 6.70. The molecule has 0 saturated carbocycles. The lowest BCUT2D eigenvalue weighted by Crippen LogP contribution is -2.47. The highest BCUT2D eigenvalue weighted by Gasteiger charge is 2.17. The van der Waals surface area contributed by atoms with Crippen molar-refractivity contribution < 1.29 is 4.74 Å². The fourth-order valence-corrected chi connectivity index (χ4v) is 4.31. The van der Waals surface area contributed by atoms with Crippen LogP contribution in [0.25, 0.3) is 0 Å². The van der Waals surface area contributed by atoms with Gasteiger partial charge in [-0.05, 0) is 44.2 Å². The molecule has 7 nitrogen and oxygen atoms in total. The number of thiazole rings is 1. The third-order valence-corrected chi connectivity index (χ3v) is 6.21. The number of nitrogens with one attached hydrogen (secondary N) is 1. The second-order valence-corrected chi connectivity index (χ2v) is 8.63. The molecular formula is C22H35IN6OS. The molecule has 1 aliphatic rings. The molecule has 1 N–H and O–H groups in total. The molecular weight excluding hydrogens is 523 g/mol. The first-order valence-electron chi connectivity index (χ1n) is 10.5. The van der Waals surface area contributed by atoms with Crippen LogP contribution >= 0.6 is 35.3 Å². The van der Waals surface area contributed by atoms with Crippen LogP contribution in [0.3, 0.4) is 0 Å². The third-order valence-electron chi connectivity index (χ3n) is 5.38. The molecule has 2 aromatic rings. The van der Waals surface area contributed by atoms with Crippen molar-refractivity contribution >= 4 is 47.0 Å². The standard InChI is InChI=1S/C22H34N6OS.HI/c1-18-25-19(17-30-18)16-26(3)22(23-2)24-10-5-11-27-12-14-28(15-13-27)20-6-8-21(29-4)9-7-20;/h6-9,17H,5,10-16H2,1-4H3,(H,23,24);1H. The van der Waals surface area contributed by atoms with Gasteiger partial charge in [-0.1, -0.05) is 0 Å². The number of aryl methyl sites for hydroxylation is 1. The fourth-order valence-electron chi connectivity index (χ4n) is 3.71. The molecule has 1 saturated heterocycles. The molecule has 9 heteroatoms. The molecule has 0 aliphatic carbocycles.